The van der Waals surface area contributed by atoms with Crippen LogP contribution in [-0.2, 0) is 4.74 Å². The number of hydrogen-bond donors (Lipinski definition) is 3. The van der Waals surface area contributed by atoms with Gasteiger partial charge in [0.25, 0.3) is 0 Å². The molecule has 5 aromatic heterocycles. The van der Waals surface area contributed by atoms with E-state index < -0.39 is 97.6 Å². The lowest BCUT2D eigenvalue weighted by Crippen LogP contribution is -2.15. The quantitative estimate of drug-likeness (QED) is 0.0520. The summed E-state index contributed by atoms with van der Waals surface area (Å²) in [5.41, 5.74) is -6.54. The van der Waals surface area contributed by atoms with Crippen molar-refractivity contribution in [1.29, 1.82) is 0 Å². The third-order valence-electron chi connectivity index (χ3n) is 10.2. The van der Waals surface area contributed by atoms with Crippen molar-refractivity contribution in [3.8, 4) is 39.1 Å². The number of hydrogen-bond acceptors (Lipinski definition) is 6. The molecule has 0 radical (unpaired) electrons. The zero-order valence-corrected chi connectivity index (χ0v) is 31.1. The van der Waals surface area contributed by atoms with Crippen LogP contribution in [0.25, 0.3) is 89.6 Å². The van der Waals surface area contributed by atoms with Crippen molar-refractivity contribution < 1.29 is 62.6 Å². The van der Waals surface area contributed by atoms with Gasteiger partial charge >= 0.3 is 11.6 Å². The molecule has 3 N–H and O–H groups in total. The highest BCUT2D eigenvalue weighted by atomic mass is 19.2. The maximum Gasteiger partial charge on any atom is 0.351 e. The molecule has 1 aliphatic rings. The van der Waals surface area contributed by atoms with Crippen LogP contribution in [0.4, 0.5) is 43.9 Å². The number of rotatable bonds is 5. The Kier molecular flexibility index (Phi) is 9.22. The molecule has 0 amide bonds. The minimum atomic E-state index is -2.42. The van der Waals surface area contributed by atoms with Crippen LogP contribution in [0.15, 0.2) is 63.8 Å². The van der Waals surface area contributed by atoms with Gasteiger partial charge in [-0.1, -0.05) is 0 Å². The second-order valence-corrected chi connectivity index (χ2v) is 13.6. The maximum atomic E-state index is 15.7. The van der Waals surface area contributed by atoms with Crippen molar-refractivity contribution >= 4 is 62.2 Å². The maximum absolute atomic E-state index is 15.7. The van der Waals surface area contributed by atoms with Crippen LogP contribution < -0.4 is 10.4 Å². The summed E-state index contributed by atoms with van der Waals surface area (Å²) in [6, 6.07) is 11.6. The van der Waals surface area contributed by atoms with E-state index in [9.17, 15) is 35.9 Å². The average molecular weight is 863 g/mol. The topological polar surface area (TPSA) is 126 Å². The van der Waals surface area contributed by atoms with E-state index in [2.05, 4.69) is 19.9 Å². The summed E-state index contributed by atoms with van der Waals surface area (Å²) < 4.78 is 167. The summed E-state index contributed by atoms with van der Waals surface area (Å²) in [4.78, 5) is 38.3. The summed E-state index contributed by atoms with van der Waals surface area (Å²) in [5.74, 6) is -23.7. The highest BCUT2D eigenvalue weighted by molar-refractivity contribution is 6.03. The molecule has 62 heavy (non-hydrogen) atoms. The number of carbonyl (C=O) groups excluding carboxylic acids is 1. The number of halogens is 10. The lowest BCUT2D eigenvalue weighted by molar-refractivity contribution is 0.0596. The Morgan fingerprint density at radius 3 is 1.48 bits per heavy atom. The molecule has 0 fully saturated rings. The van der Waals surface area contributed by atoms with E-state index in [0.717, 1.165) is 13.2 Å². The molecule has 9 rings (SSSR count). The lowest BCUT2D eigenvalue weighted by Gasteiger charge is -2.11. The first-order valence-electron chi connectivity index (χ1n) is 17.8. The smallest absolute Gasteiger partial charge is 0.351 e. The van der Waals surface area contributed by atoms with Crippen LogP contribution in [0, 0.1) is 58.2 Å². The van der Waals surface area contributed by atoms with Crippen LogP contribution in [-0.4, -0.2) is 40.1 Å². The molecule has 3 aromatic carbocycles. The number of aromatic nitrogens is 4. The lowest BCUT2D eigenvalue weighted by atomic mass is 10.0. The standard InChI is InChI=1S/C43H20F10N4O5/c1-60-25-13-14(11-15-12-16(42(58)61-2)43(59)62-41(15)25)26-19-7-9-23(56-19)27(29-31(44)35(48)39(52)36(49)32(29)45)21-5-3-17(54-21)18-4-6-22(55-18)28(24-10-8-20(26)57-24)30-33(46)37(50)40(53)38(51)34(30)47/h3-13,54,56-57H,1-2H3. The molecule has 0 spiro atoms. The van der Waals surface area contributed by atoms with Gasteiger partial charge in [-0.05, 0) is 72.3 Å². The van der Waals surface area contributed by atoms with Crippen LogP contribution in [0.5, 0.6) is 5.75 Å². The normalized spacial score (nSPS) is 11.9. The van der Waals surface area contributed by atoms with Crippen molar-refractivity contribution in [1.82, 2.24) is 19.9 Å². The number of nitrogens with zero attached hydrogens (tertiary/aromatic N) is 1. The molecular weight excluding hydrogens is 842 g/mol. The third kappa shape index (κ3) is 5.90. The van der Waals surface area contributed by atoms with Gasteiger partial charge in [0.2, 0.25) is 11.6 Å². The van der Waals surface area contributed by atoms with Crippen molar-refractivity contribution in [2.24, 2.45) is 0 Å². The second-order valence-electron chi connectivity index (χ2n) is 13.6. The van der Waals surface area contributed by atoms with Gasteiger partial charge in [-0.25, -0.2) is 58.5 Å². The van der Waals surface area contributed by atoms with Gasteiger partial charge in [0.1, 0.15) is 5.56 Å². The monoisotopic (exact) mass is 862 g/mol. The Hall–Kier alpha value is -7.83. The summed E-state index contributed by atoms with van der Waals surface area (Å²) in [6.45, 7) is 0. The molecular formula is C43H20F10N4O5. The number of benzene rings is 3. The number of aromatic amines is 3. The van der Waals surface area contributed by atoms with E-state index in [1.807, 2.05) is 0 Å². The fourth-order valence-electron chi connectivity index (χ4n) is 7.39. The molecule has 0 atom stereocenters. The van der Waals surface area contributed by atoms with Crippen molar-refractivity contribution in [2.45, 2.75) is 0 Å². The average Bonchev–Trinajstić information content (AvgIpc) is 4.12. The molecule has 8 aromatic rings. The number of H-pyrrole nitrogens is 3. The van der Waals surface area contributed by atoms with Gasteiger partial charge in [-0.2, -0.15) is 0 Å². The molecule has 19 heteroatoms. The first-order chi connectivity index (χ1) is 29.6. The van der Waals surface area contributed by atoms with E-state index >= 15 is 17.6 Å². The number of nitrogens with one attached hydrogen (secondary N) is 3. The van der Waals surface area contributed by atoms with Gasteiger partial charge in [-0.15, -0.1) is 0 Å². The molecule has 9 nitrogen and oxygen atoms in total. The van der Waals surface area contributed by atoms with Crippen molar-refractivity contribution in [3.05, 3.63) is 140 Å². The number of esters is 1. The first kappa shape index (κ1) is 39.6. The van der Waals surface area contributed by atoms with Crippen molar-refractivity contribution in [2.75, 3.05) is 14.2 Å². The Morgan fingerprint density at radius 1 is 0.532 bits per heavy atom. The van der Waals surface area contributed by atoms with Gasteiger partial charge in [0, 0.05) is 49.7 Å². The highest BCUT2D eigenvalue weighted by Crippen LogP contribution is 2.42. The molecule has 312 valence electrons. The zero-order valence-electron chi connectivity index (χ0n) is 31.1. The van der Waals surface area contributed by atoms with Gasteiger partial charge in [-0.3, -0.25) is 0 Å². The van der Waals surface area contributed by atoms with Gasteiger partial charge in [0.15, 0.2) is 57.9 Å². The molecule has 0 unspecified atom stereocenters. The van der Waals surface area contributed by atoms with Crippen LogP contribution in [0.3, 0.4) is 0 Å². The summed E-state index contributed by atoms with van der Waals surface area (Å²) in [7, 11) is 2.24. The predicted molar refractivity (Wildman–Crippen MR) is 205 cm³/mol. The van der Waals surface area contributed by atoms with E-state index in [0.29, 0.717) is 0 Å². The minimum absolute atomic E-state index is 0.00255. The first-order valence-corrected chi connectivity index (χ1v) is 17.8. The van der Waals surface area contributed by atoms with Gasteiger partial charge < -0.3 is 28.8 Å². The predicted octanol–water partition coefficient (Wildman–Crippen LogP) is 11.0. The van der Waals surface area contributed by atoms with Crippen LogP contribution in [0.2, 0.25) is 0 Å². The fraction of sp³-hybridized carbons (Fsp3) is 0.0465. The minimum Gasteiger partial charge on any atom is -0.493 e. The second kappa shape index (κ2) is 14.4. The molecule has 8 bridgehead atoms. The molecule has 0 saturated heterocycles. The number of methoxy groups -OCH3 is 2. The fourth-order valence-corrected chi connectivity index (χ4v) is 7.39. The van der Waals surface area contributed by atoms with Crippen LogP contribution in [0.1, 0.15) is 21.7 Å². The van der Waals surface area contributed by atoms with E-state index in [4.69, 9.17) is 13.9 Å². The molecule has 0 aliphatic carbocycles. The third-order valence-corrected chi connectivity index (χ3v) is 10.2. The number of fused-ring (bicyclic) bond motifs is 10. The van der Waals surface area contributed by atoms with Gasteiger partial charge in [0.05, 0.1) is 42.3 Å². The number of carbonyl (C=O) groups is 1. The SMILES string of the molecule is COC(=O)c1cc2cc(-c3c4ccc([nH]4)c(-c4c(F)c(F)c(F)c(F)c4F)c4nc(c5ccc([nH]5)c(-c5c(F)c(F)c(F)c(F)c5F)c5ccc3[nH]5)C=C4)cc(OC)c2oc1=O. The van der Waals surface area contributed by atoms with E-state index in [1.54, 1.807) is 0 Å². The summed E-state index contributed by atoms with van der Waals surface area (Å²) >= 11 is 0. The largest absolute Gasteiger partial charge is 0.493 e. The molecule has 1 aliphatic heterocycles. The summed E-state index contributed by atoms with van der Waals surface area (Å²) in [6.07, 6.45) is 2.46. The Bertz CT molecular complexity index is 3460. The van der Waals surface area contributed by atoms with E-state index in [-0.39, 0.29) is 72.3 Å². The Balaban J connectivity index is 1.50. The zero-order chi connectivity index (χ0) is 44.0. The van der Waals surface area contributed by atoms with E-state index in [1.165, 1.54) is 67.8 Å². The summed E-state index contributed by atoms with van der Waals surface area (Å²) in [5, 5.41) is 0.0658. The molecule has 6 heterocycles. The number of ether oxygens (including phenoxy) is 2. The Morgan fingerprint density at radius 2 is 0.968 bits per heavy atom. The van der Waals surface area contributed by atoms with Crippen molar-refractivity contribution in [3.63, 3.8) is 0 Å². The Labute approximate surface area is 337 Å². The van der Waals surface area contributed by atoms with Crippen LogP contribution >= 0.6 is 0 Å². The molecule has 0 saturated carbocycles. The highest BCUT2D eigenvalue weighted by Gasteiger charge is 2.31.